The van der Waals surface area contributed by atoms with E-state index in [0.29, 0.717) is 37.5 Å². The van der Waals surface area contributed by atoms with Crippen molar-refractivity contribution in [3.05, 3.63) is 10.1 Å². The number of hydrogen-bond acceptors (Lipinski definition) is 6. The number of Topliss-reactive ketones (excluding diaryl/α,β-unsaturated/α-hetero) is 1. The predicted octanol–water partition coefficient (Wildman–Crippen LogP) is 1.52. The Morgan fingerprint density at radius 1 is 1.29 bits per heavy atom. The second-order valence-corrected chi connectivity index (χ2v) is 6.44. The summed E-state index contributed by atoms with van der Waals surface area (Å²) in [6, 6.07) is 0. The van der Waals surface area contributed by atoms with Crippen molar-refractivity contribution in [1.82, 2.24) is 0 Å². The Morgan fingerprint density at radius 3 is 2.43 bits per heavy atom. The lowest BCUT2D eigenvalue weighted by Gasteiger charge is -2.39. The fraction of sp³-hybridized carbons (Fsp3) is 0.857. The minimum absolute atomic E-state index is 0.0686. The lowest BCUT2D eigenvalue weighted by Crippen LogP contribution is -2.57. The molecule has 0 aromatic heterocycles. The maximum Gasteiger partial charge on any atom is 0.346 e. The molecule has 0 aromatic rings. The van der Waals surface area contributed by atoms with Crippen LogP contribution < -0.4 is 0 Å². The molecule has 0 heterocycles. The van der Waals surface area contributed by atoms with Gasteiger partial charge in [-0.25, -0.2) is 4.79 Å². The number of ether oxygens (including phenoxy) is 1. The Hall–Kier alpha value is -1.66. The van der Waals surface area contributed by atoms with E-state index in [4.69, 9.17) is 9.57 Å². The zero-order chi connectivity index (χ0) is 15.2. The molecule has 4 bridgehead atoms. The van der Waals surface area contributed by atoms with Crippen LogP contribution in [0.15, 0.2) is 0 Å². The van der Waals surface area contributed by atoms with Crippen LogP contribution in [0.4, 0.5) is 0 Å². The van der Waals surface area contributed by atoms with Crippen LogP contribution in [-0.4, -0.2) is 29.0 Å². The molecule has 0 radical (unpaired) electrons. The van der Waals surface area contributed by atoms with Crippen LogP contribution in [0.2, 0.25) is 0 Å². The Kier molecular flexibility index (Phi) is 3.37. The van der Waals surface area contributed by atoms with Gasteiger partial charge in [0, 0.05) is 11.8 Å². The van der Waals surface area contributed by atoms with Crippen molar-refractivity contribution >= 4 is 11.8 Å². The molecule has 4 aliphatic carbocycles. The van der Waals surface area contributed by atoms with Crippen LogP contribution in [0, 0.1) is 33.8 Å². The molecular formula is C14H19NO6. The van der Waals surface area contributed by atoms with E-state index in [9.17, 15) is 19.7 Å². The molecule has 4 rings (SSSR count). The highest BCUT2D eigenvalue weighted by molar-refractivity contribution is 6.09. The van der Waals surface area contributed by atoms with Gasteiger partial charge in [-0.3, -0.25) is 9.63 Å². The molecule has 3 unspecified atom stereocenters. The van der Waals surface area contributed by atoms with E-state index in [0.717, 1.165) is 6.42 Å². The van der Waals surface area contributed by atoms with Gasteiger partial charge in [-0.15, -0.1) is 10.1 Å². The van der Waals surface area contributed by atoms with Gasteiger partial charge in [-0.05, 0) is 50.9 Å². The van der Waals surface area contributed by atoms with Crippen LogP contribution in [-0.2, 0) is 19.2 Å². The molecule has 4 fully saturated rings. The van der Waals surface area contributed by atoms with E-state index in [1.807, 2.05) is 0 Å². The van der Waals surface area contributed by atoms with E-state index in [2.05, 4.69) is 0 Å². The smallest absolute Gasteiger partial charge is 0.346 e. The van der Waals surface area contributed by atoms with Gasteiger partial charge in [-0.1, -0.05) is 0 Å². The first-order valence-electron chi connectivity index (χ1n) is 7.52. The maximum atomic E-state index is 12.8. The average Bonchev–Trinajstić information content (AvgIpc) is 2.53. The quantitative estimate of drug-likeness (QED) is 0.338. The highest BCUT2D eigenvalue weighted by Gasteiger charge is 2.64. The van der Waals surface area contributed by atoms with E-state index in [1.54, 1.807) is 6.92 Å². The molecule has 0 amide bonds. The van der Waals surface area contributed by atoms with Crippen molar-refractivity contribution < 1.29 is 24.3 Å². The van der Waals surface area contributed by atoms with E-state index in [-0.39, 0.29) is 12.5 Å². The number of esters is 1. The summed E-state index contributed by atoms with van der Waals surface area (Å²) >= 11 is 0. The fourth-order valence-corrected chi connectivity index (χ4v) is 4.68. The van der Waals surface area contributed by atoms with E-state index >= 15 is 0 Å². The monoisotopic (exact) mass is 297 g/mol. The predicted molar refractivity (Wildman–Crippen MR) is 69.5 cm³/mol. The molecule has 0 aromatic carbocycles. The van der Waals surface area contributed by atoms with Gasteiger partial charge in [0.25, 0.3) is 10.7 Å². The molecule has 0 spiro atoms. The third-order valence-corrected chi connectivity index (χ3v) is 5.25. The van der Waals surface area contributed by atoms with Crippen LogP contribution in [0.3, 0.4) is 0 Å². The second kappa shape index (κ2) is 4.96. The van der Waals surface area contributed by atoms with Crippen molar-refractivity contribution in [2.24, 2.45) is 23.7 Å². The molecule has 21 heavy (non-hydrogen) atoms. The van der Waals surface area contributed by atoms with Crippen molar-refractivity contribution in [2.45, 2.75) is 44.6 Å². The highest BCUT2D eigenvalue weighted by Crippen LogP contribution is 2.54. The summed E-state index contributed by atoms with van der Waals surface area (Å²) in [7, 11) is 0. The van der Waals surface area contributed by atoms with Gasteiger partial charge in [-0.2, -0.15) is 0 Å². The summed E-state index contributed by atoms with van der Waals surface area (Å²) in [5, 5.41) is 9.93. The first kappa shape index (κ1) is 14.3. The fourth-order valence-electron chi connectivity index (χ4n) is 4.68. The SMILES string of the molecule is CCOC(=O)C1(O[N+](=O)[O-])C(=O)C2CC3CC(C2)CC1C3. The number of hydrogen-bond donors (Lipinski definition) is 0. The van der Waals surface area contributed by atoms with Crippen molar-refractivity contribution in [3.8, 4) is 0 Å². The summed E-state index contributed by atoms with van der Waals surface area (Å²) in [6.45, 7) is 1.68. The number of carbonyl (C=O) groups is 2. The van der Waals surface area contributed by atoms with Crippen LogP contribution in [0.1, 0.15) is 39.0 Å². The summed E-state index contributed by atoms with van der Waals surface area (Å²) in [4.78, 5) is 41.0. The van der Waals surface area contributed by atoms with Crippen LogP contribution >= 0.6 is 0 Å². The average molecular weight is 297 g/mol. The number of ketones is 1. The first-order chi connectivity index (χ1) is 9.97. The topological polar surface area (TPSA) is 95.7 Å². The molecule has 0 aliphatic heterocycles. The van der Waals surface area contributed by atoms with E-state index in [1.165, 1.54) is 0 Å². The Bertz CT molecular complexity index is 478. The summed E-state index contributed by atoms with van der Waals surface area (Å²) in [5.74, 6) is -1.35. The minimum Gasteiger partial charge on any atom is -0.464 e. The lowest BCUT2D eigenvalue weighted by molar-refractivity contribution is -0.774. The largest absolute Gasteiger partial charge is 0.464 e. The molecule has 7 nitrogen and oxygen atoms in total. The Morgan fingerprint density at radius 2 is 1.90 bits per heavy atom. The zero-order valence-corrected chi connectivity index (χ0v) is 11.9. The van der Waals surface area contributed by atoms with E-state index < -0.39 is 28.4 Å². The normalized spacial score (nSPS) is 40.7. The van der Waals surface area contributed by atoms with Gasteiger partial charge in [0.15, 0.2) is 5.78 Å². The lowest BCUT2D eigenvalue weighted by atomic mass is 9.67. The number of rotatable bonds is 4. The van der Waals surface area contributed by atoms with Crippen LogP contribution in [0.25, 0.3) is 0 Å². The van der Waals surface area contributed by atoms with Gasteiger partial charge in [0.05, 0.1) is 6.61 Å². The number of carbonyl (C=O) groups excluding carboxylic acids is 2. The molecular weight excluding hydrogens is 278 g/mol. The summed E-state index contributed by atoms with van der Waals surface area (Å²) in [6.07, 6.45) is 3.75. The highest BCUT2D eigenvalue weighted by atomic mass is 17.0. The maximum absolute atomic E-state index is 12.8. The second-order valence-electron chi connectivity index (χ2n) is 6.44. The molecule has 0 saturated heterocycles. The molecule has 4 aliphatic rings. The molecule has 4 saturated carbocycles. The molecule has 7 heteroatoms. The van der Waals surface area contributed by atoms with Crippen LogP contribution in [0.5, 0.6) is 0 Å². The molecule has 3 atom stereocenters. The van der Waals surface area contributed by atoms with Gasteiger partial charge >= 0.3 is 5.97 Å². The molecule has 116 valence electrons. The van der Waals surface area contributed by atoms with Gasteiger partial charge < -0.3 is 4.74 Å². The third kappa shape index (κ3) is 2.10. The van der Waals surface area contributed by atoms with Crippen molar-refractivity contribution in [1.29, 1.82) is 0 Å². The van der Waals surface area contributed by atoms with Gasteiger partial charge in [0.2, 0.25) is 0 Å². The Labute approximate surface area is 122 Å². The molecule has 0 N–H and O–H groups in total. The van der Waals surface area contributed by atoms with Gasteiger partial charge in [0.1, 0.15) is 0 Å². The number of fused-ring (bicyclic) bond motifs is 1. The minimum atomic E-state index is -2.03. The number of nitrogens with zero attached hydrogens (tertiary/aromatic N) is 1. The third-order valence-electron chi connectivity index (χ3n) is 5.25. The first-order valence-corrected chi connectivity index (χ1v) is 7.52. The zero-order valence-electron chi connectivity index (χ0n) is 11.9. The Balaban J connectivity index is 2.05. The van der Waals surface area contributed by atoms with Crippen molar-refractivity contribution in [2.75, 3.05) is 6.61 Å². The van der Waals surface area contributed by atoms with Crippen molar-refractivity contribution in [3.63, 3.8) is 0 Å². The summed E-state index contributed by atoms with van der Waals surface area (Å²) in [5.41, 5.74) is -2.03. The summed E-state index contributed by atoms with van der Waals surface area (Å²) < 4.78 is 4.98. The standard InChI is InChI=1S/C14H19NO6/c1-2-20-13(17)14(21-15(18)19)11-6-8-3-9(7-11)5-10(4-8)12(14)16/h8-11H,2-7H2,1H3.